The lowest BCUT2D eigenvalue weighted by Crippen LogP contribution is -2.54. The molecule has 310 valence electrons. The van der Waals surface area contributed by atoms with Gasteiger partial charge >= 0.3 is 6.09 Å². The van der Waals surface area contributed by atoms with Crippen LogP contribution in [0.3, 0.4) is 0 Å². The van der Waals surface area contributed by atoms with Crippen LogP contribution in [0.15, 0.2) is 42.6 Å². The van der Waals surface area contributed by atoms with Crippen molar-refractivity contribution in [3.8, 4) is 0 Å². The highest BCUT2D eigenvalue weighted by atomic mass is 32.1. The second-order valence-electron chi connectivity index (χ2n) is 14.8. The van der Waals surface area contributed by atoms with Crippen LogP contribution in [0.4, 0.5) is 27.2 Å². The molecule has 0 spiro atoms. The molecule has 3 heterocycles. The molecule has 20 heteroatoms. The first-order valence-corrected chi connectivity index (χ1v) is 19.3. The number of nitrogens with zero attached hydrogens (tertiary/aromatic N) is 5. The second kappa shape index (κ2) is 19.6. The monoisotopic (exact) mass is 818 g/mol. The van der Waals surface area contributed by atoms with E-state index >= 15 is 0 Å². The molecule has 0 aliphatic carbocycles. The molecule has 3 aromatic heterocycles. The number of ether oxygens (including phenoxy) is 1. The first-order chi connectivity index (χ1) is 27.3. The van der Waals surface area contributed by atoms with Crippen LogP contribution in [0.25, 0.3) is 11.2 Å². The normalized spacial score (nSPS) is 12.8. The van der Waals surface area contributed by atoms with Gasteiger partial charge < -0.3 is 47.7 Å². The zero-order chi connectivity index (χ0) is 42.7. The number of aromatic nitrogens is 4. The molecular weight excluding hydrogens is 769 g/mol. The van der Waals surface area contributed by atoms with Crippen molar-refractivity contribution >= 4 is 81.1 Å². The summed E-state index contributed by atoms with van der Waals surface area (Å²) in [6.45, 7) is 12.5. The van der Waals surface area contributed by atoms with Crippen LogP contribution in [-0.4, -0.2) is 86.3 Å². The summed E-state index contributed by atoms with van der Waals surface area (Å²) in [6, 6.07) is 7.62. The van der Waals surface area contributed by atoms with Gasteiger partial charge in [0.15, 0.2) is 17.0 Å². The summed E-state index contributed by atoms with van der Waals surface area (Å²) in [5, 5.41) is 14.1. The molecule has 6 amide bonds. The van der Waals surface area contributed by atoms with E-state index in [-0.39, 0.29) is 53.2 Å². The number of carbonyl (C=O) groups is 6. The van der Waals surface area contributed by atoms with Crippen LogP contribution in [0, 0.1) is 5.92 Å². The van der Waals surface area contributed by atoms with Crippen LogP contribution in [-0.2, 0) is 25.7 Å². The molecule has 0 radical (unpaired) electrons. The molecule has 9 N–H and O–H groups in total. The lowest BCUT2D eigenvalue weighted by Gasteiger charge is -2.26. The van der Waals surface area contributed by atoms with E-state index in [9.17, 15) is 28.8 Å². The maximum atomic E-state index is 12.9. The van der Waals surface area contributed by atoms with Gasteiger partial charge in [0.25, 0.3) is 11.8 Å². The molecule has 0 saturated carbocycles. The molecule has 0 bridgehead atoms. The number of hydrogen-bond acceptors (Lipinski definition) is 14. The fourth-order valence-electron chi connectivity index (χ4n) is 5.40. The topological polar surface area (TPSA) is 279 Å². The molecule has 0 aliphatic rings. The number of nitrogens with two attached hydrogens (primary N) is 2. The standard InChI is InChI=1S/C38H50N12O7S/c1-20(2)28(47-37(56)57-38(5,6)7)35(55)44-22(4)32(52)46-27-15-14-26(58-27)34(54)41-16-8-9-21(3)43-33(53)23-10-12-25(13-11-23)50(19-51)18-24-17-42-31-29(45-24)30(39)48-36(40)49-31/h10-15,17,19-22,28H,8-9,16,18H2,1-7H3,(H,41,54)(H,43,53)(H,44,55)(H,46,52)(H,47,56)(H4,39,40,42,48,49)/t21-,22+,28+/m1/s1. The van der Waals surface area contributed by atoms with E-state index in [1.165, 1.54) is 18.0 Å². The lowest BCUT2D eigenvalue weighted by atomic mass is 10.0. The summed E-state index contributed by atoms with van der Waals surface area (Å²) in [7, 11) is 0. The number of hydrogen-bond donors (Lipinski definition) is 7. The Kier molecular flexibility index (Phi) is 15.0. The van der Waals surface area contributed by atoms with Gasteiger partial charge in [0.1, 0.15) is 17.7 Å². The quantitative estimate of drug-likeness (QED) is 0.0597. The summed E-state index contributed by atoms with van der Waals surface area (Å²) in [5.41, 5.74) is 12.7. The van der Waals surface area contributed by atoms with E-state index in [1.807, 2.05) is 6.92 Å². The van der Waals surface area contributed by atoms with E-state index in [0.717, 1.165) is 11.3 Å². The predicted octanol–water partition coefficient (Wildman–Crippen LogP) is 3.13. The zero-order valence-electron chi connectivity index (χ0n) is 33.4. The predicted molar refractivity (Wildman–Crippen MR) is 220 cm³/mol. The highest BCUT2D eigenvalue weighted by Gasteiger charge is 2.29. The van der Waals surface area contributed by atoms with Crippen LogP contribution >= 0.6 is 11.3 Å². The first kappa shape index (κ1) is 44.3. The summed E-state index contributed by atoms with van der Waals surface area (Å²) < 4.78 is 5.25. The number of rotatable bonds is 17. The van der Waals surface area contributed by atoms with Gasteiger partial charge in [-0.1, -0.05) is 13.8 Å². The van der Waals surface area contributed by atoms with Crippen LogP contribution in [0.2, 0.25) is 0 Å². The van der Waals surface area contributed by atoms with Crippen molar-refractivity contribution in [2.75, 3.05) is 28.2 Å². The Labute approximate surface area is 339 Å². The smallest absolute Gasteiger partial charge is 0.408 e. The molecule has 4 rings (SSSR count). The third kappa shape index (κ3) is 12.8. The minimum absolute atomic E-state index is 0.0213. The molecule has 0 saturated heterocycles. The highest BCUT2D eigenvalue weighted by Crippen LogP contribution is 2.23. The molecule has 0 aliphatic heterocycles. The third-order valence-electron chi connectivity index (χ3n) is 8.35. The molecule has 4 aromatic rings. The number of nitrogen functional groups attached to an aromatic ring is 2. The largest absolute Gasteiger partial charge is 0.444 e. The number of benzene rings is 1. The Morgan fingerprint density at radius 3 is 2.26 bits per heavy atom. The van der Waals surface area contributed by atoms with Crippen LogP contribution in [0.5, 0.6) is 0 Å². The van der Waals surface area contributed by atoms with Gasteiger partial charge in [0.05, 0.1) is 28.3 Å². The Morgan fingerprint density at radius 2 is 1.60 bits per heavy atom. The molecule has 3 atom stereocenters. The fourth-order valence-corrected chi connectivity index (χ4v) is 6.22. The number of anilines is 4. The minimum Gasteiger partial charge on any atom is -0.444 e. The first-order valence-electron chi connectivity index (χ1n) is 18.5. The van der Waals surface area contributed by atoms with Gasteiger partial charge in [-0.3, -0.25) is 24.0 Å². The molecule has 58 heavy (non-hydrogen) atoms. The number of thiophene rings is 1. The van der Waals surface area contributed by atoms with Crippen molar-refractivity contribution in [1.82, 2.24) is 41.2 Å². The minimum atomic E-state index is -0.940. The Morgan fingerprint density at radius 1 is 0.897 bits per heavy atom. The maximum absolute atomic E-state index is 12.9. The van der Waals surface area contributed by atoms with Gasteiger partial charge in [0, 0.05) is 23.8 Å². The van der Waals surface area contributed by atoms with E-state index in [2.05, 4.69) is 46.5 Å². The van der Waals surface area contributed by atoms with Gasteiger partial charge in [-0.25, -0.2) is 14.8 Å². The SMILES string of the molecule is CC(C)[C@H](NC(=O)OC(C)(C)C)C(=O)N[C@@H](C)C(=O)Nc1ccc(C(=O)NCCC[C@@H](C)NC(=O)c2ccc(N(C=O)Cc3cnc4nc(N)nc(N)c4n3)cc2)s1. The Hall–Kier alpha value is -6.44. The maximum Gasteiger partial charge on any atom is 0.408 e. The van der Waals surface area contributed by atoms with Crippen molar-refractivity contribution < 1.29 is 33.5 Å². The lowest BCUT2D eigenvalue weighted by molar-refractivity contribution is -0.128. The van der Waals surface area contributed by atoms with E-state index in [4.69, 9.17) is 16.2 Å². The van der Waals surface area contributed by atoms with E-state index in [1.54, 1.807) is 71.0 Å². The summed E-state index contributed by atoms with van der Waals surface area (Å²) in [6.07, 6.45) is 2.53. The molecule has 19 nitrogen and oxygen atoms in total. The van der Waals surface area contributed by atoms with Crippen LogP contribution < -0.4 is 43.0 Å². The molecule has 1 aromatic carbocycles. The van der Waals surface area contributed by atoms with E-state index in [0.29, 0.717) is 52.6 Å². The Balaban J connectivity index is 1.18. The fraction of sp³-hybridized carbons (Fsp3) is 0.421. The Bertz CT molecular complexity index is 2120. The van der Waals surface area contributed by atoms with Gasteiger partial charge in [-0.15, -0.1) is 11.3 Å². The molecular formula is C38H50N12O7S. The van der Waals surface area contributed by atoms with Gasteiger partial charge in [-0.2, -0.15) is 9.97 Å². The zero-order valence-corrected chi connectivity index (χ0v) is 34.2. The summed E-state index contributed by atoms with van der Waals surface area (Å²) in [5.74, 6) is -1.88. The van der Waals surface area contributed by atoms with Crippen molar-refractivity contribution in [2.45, 2.75) is 91.6 Å². The average Bonchev–Trinajstić information content (AvgIpc) is 3.62. The van der Waals surface area contributed by atoms with Crippen molar-refractivity contribution in [3.05, 3.63) is 58.7 Å². The molecule has 0 fully saturated rings. The average molecular weight is 819 g/mol. The van der Waals surface area contributed by atoms with Crippen molar-refractivity contribution in [1.29, 1.82) is 0 Å². The number of amides is 6. The van der Waals surface area contributed by atoms with Crippen LogP contribution in [0.1, 0.15) is 87.0 Å². The third-order valence-corrected chi connectivity index (χ3v) is 9.35. The van der Waals surface area contributed by atoms with Crippen molar-refractivity contribution in [3.63, 3.8) is 0 Å². The summed E-state index contributed by atoms with van der Waals surface area (Å²) in [4.78, 5) is 94.0. The second-order valence-corrected chi connectivity index (χ2v) is 15.9. The number of alkyl carbamates (subject to hydrolysis) is 1. The number of fused-ring (bicyclic) bond motifs is 1. The van der Waals surface area contributed by atoms with E-state index < -0.39 is 35.6 Å². The highest BCUT2D eigenvalue weighted by molar-refractivity contribution is 7.18. The summed E-state index contributed by atoms with van der Waals surface area (Å²) >= 11 is 1.08. The molecule has 0 unspecified atom stereocenters. The number of carbonyl (C=O) groups excluding carboxylic acids is 6. The number of nitrogens with one attached hydrogen (secondary N) is 5. The van der Waals surface area contributed by atoms with Gasteiger partial charge in [-0.05, 0) is 89.8 Å². The van der Waals surface area contributed by atoms with Crippen molar-refractivity contribution in [2.24, 2.45) is 5.92 Å². The van der Waals surface area contributed by atoms with Gasteiger partial charge in [0.2, 0.25) is 24.2 Å².